The Balaban J connectivity index is 1.80. The molecule has 0 spiro atoms. The van der Waals surface area contributed by atoms with Gasteiger partial charge in [-0.05, 0) is 43.7 Å². The van der Waals surface area contributed by atoms with Gasteiger partial charge in [-0.3, -0.25) is 4.79 Å². The highest BCUT2D eigenvalue weighted by atomic mass is 35.5. The van der Waals surface area contributed by atoms with E-state index in [-0.39, 0.29) is 35.2 Å². The summed E-state index contributed by atoms with van der Waals surface area (Å²) in [4.78, 5) is 21.4. The summed E-state index contributed by atoms with van der Waals surface area (Å²) in [6.07, 6.45) is -4.41. The summed E-state index contributed by atoms with van der Waals surface area (Å²) in [5.74, 6) is -0.717. The molecule has 0 aliphatic carbocycles. The van der Waals surface area contributed by atoms with Gasteiger partial charge in [-0.25, -0.2) is 9.97 Å². The molecule has 1 amide bonds. The molecular weight excluding hydrogens is 473 g/mol. The molecule has 1 atom stereocenters. The molecule has 178 valence electrons. The van der Waals surface area contributed by atoms with Gasteiger partial charge in [0.15, 0.2) is 11.5 Å². The Kier molecular flexibility index (Phi) is 6.10. The predicted molar refractivity (Wildman–Crippen MR) is 122 cm³/mol. The summed E-state index contributed by atoms with van der Waals surface area (Å²) >= 11 is 6.04. The highest BCUT2D eigenvalue weighted by molar-refractivity contribution is 6.30. The number of carbonyl (C=O) groups excluding carboxylic acids is 1. The van der Waals surface area contributed by atoms with Crippen molar-refractivity contribution in [1.82, 2.24) is 24.9 Å². The Morgan fingerprint density at radius 3 is 2.82 bits per heavy atom. The van der Waals surface area contributed by atoms with Gasteiger partial charge in [0.2, 0.25) is 11.9 Å². The number of ether oxygens (including phenoxy) is 1. The van der Waals surface area contributed by atoms with Gasteiger partial charge in [0.25, 0.3) is 0 Å². The summed E-state index contributed by atoms with van der Waals surface area (Å²) in [6.45, 7) is 2.18. The molecule has 2 N–H and O–H groups in total. The van der Waals surface area contributed by atoms with Crippen LogP contribution >= 0.6 is 11.6 Å². The SMILES string of the molecule is [2H]CCCNC(=O)[C@H](C)Nc1nc2ccccc2c2nc(-c3cc(Cl)ccc3OC(F)(F)F)nn12. The van der Waals surface area contributed by atoms with Crippen LogP contribution in [0.2, 0.25) is 5.02 Å². The zero-order valence-corrected chi connectivity index (χ0v) is 18.6. The zero-order chi connectivity index (χ0) is 25.2. The van der Waals surface area contributed by atoms with Gasteiger partial charge in [-0.2, -0.15) is 4.52 Å². The minimum absolute atomic E-state index is 0.0604. The van der Waals surface area contributed by atoms with Crippen LogP contribution < -0.4 is 15.4 Å². The highest BCUT2D eigenvalue weighted by Gasteiger charge is 2.33. The summed E-state index contributed by atoms with van der Waals surface area (Å²) in [5.41, 5.74) is 0.795. The highest BCUT2D eigenvalue weighted by Crippen LogP contribution is 2.35. The van der Waals surface area contributed by atoms with E-state index in [1.54, 1.807) is 31.2 Å². The lowest BCUT2D eigenvalue weighted by molar-refractivity contribution is -0.274. The van der Waals surface area contributed by atoms with Crippen molar-refractivity contribution < 1.29 is 24.1 Å². The number of rotatable bonds is 7. The quantitative estimate of drug-likeness (QED) is 0.358. The van der Waals surface area contributed by atoms with Crippen LogP contribution in [0.3, 0.4) is 0 Å². The van der Waals surface area contributed by atoms with Crippen LogP contribution in [0.5, 0.6) is 5.75 Å². The van der Waals surface area contributed by atoms with Crippen LogP contribution in [0, 0.1) is 0 Å². The molecule has 0 fully saturated rings. The van der Waals surface area contributed by atoms with E-state index >= 15 is 0 Å². The second-order valence-corrected chi connectivity index (χ2v) is 7.76. The maximum atomic E-state index is 13.0. The third-order valence-corrected chi connectivity index (χ3v) is 5.04. The molecule has 0 saturated heterocycles. The number of amides is 1. The molecule has 0 radical (unpaired) electrons. The molecule has 2 heterocycles. The summed E-state index contributed by atoms with van der Waals surface area (Å²) in [5, 5.41) is 10.9. The van der Waals surface area contributed by atoms with Crippen LogP contribution in [0.25, 0.3) is 27.9 Å². The number of hydrogen-bond acceptors (Lipinski definition) is 6. The predicted octanol–water partition coefficient (Wildman–Crippen LogP) is 4.82. The first-order chi connectivity index (χ1) is 16.7. The molecule has 0 aliphatic heterocycles. The zero-order valence-electron chi connectivity index (χ0n) is 18.9. The number of carbonyl (C=O) groups is 1. The van der Waals surface area contributed by atoms with E-state index in [0.29, 0.717) is 29.5 Å². The second-order valence-electron chi connectivity index (χ2n) is 7.32. The first-order valence-corrected chi connectivity index (χ1v) is 10.6. The molecule has 12 heteroatoms. The minimum Gasteiger partial charge on any atom is -0.405 e. The lowest BCUT2D eigenvalue weighted by Gasteiger charge is -2.15. The van der Waals surface area contributed by atoms with E-state index in [0.717, 1.165) is 6.07 Å². The van der Waals surface area contributed by atoms with E-state index in [1.165, 1.54) is 16.6 Å². The molecule has 0 bridgehead atoms. The van der Waals surface area contributed by atoms with Crippen molar-refractivity contribution in [3.05, 3.63) is 47.5 Å². The van der Waals surface area contributed by atoms with Crippen molar-refractivity contribution in [1.29, 1.82) is 0 Å². The van der Waals surface area contributed by atoms with E-state index < -0.39 is 18.2 Å². The number of halogens is 4. The van der Waals surface area contributed by atoms with E-state index in [1.807, 2.05) is 0 Å². The Morgan fingerprint density at radius 2 is 2.06 bits per heavy atom. The van der Waals surface area contributed by atoms with Crippen molar-refractivity contribution in [2.45, 2.75) is 32.6 Å². The van der Waals surface area contributed by atoms with Crippen LogP contribution in [0.15, 0.2) is 42.5 Å². The van der Waals surface area contributed by atoms with Gasteiger partial charge < -0.3 is 15.4 Å². The van der Waals surface area contributed by atoms with E-state index in [4.69, 9.17) is 13.0 Å². The van der Waals surface area contributed by atoms with Gasteiger partial charge in [0.1, 0.15) is 11.8 Å². The Morgan fingerprint density at radius 1 is 1.26 bits per heavy atom. The van der Waals surface area contributed by atoms with Crippen LogP contribution in [0.4, 0.5) is 19.1 Å². The normalized spacial score (nSPS) is 13.0. The number of hydrogen-bond donors (Lipinski definition) is 2. The number of alkyl halides is 3. The molecule has 2 aromatic carbocycles. The smallest absolute Gasteiger partial charge is 0.405 e. The lowest BCUT2D eigenvalue weighted by Crippen LogP contribution is -2.38. The van der Waals surface area contributed by atoms with Gasteiger partial charge >= 0.3 is 6.36 Å². The number of fused-ring (bicyclic) bond motifs is 3. The van der Waals surface area contributed by atoms with Crippen molar-refractivity contribution in [2.75, 3.05) is 11.9 Å². The van der Waals surface area contributed by atoms with Crippen LogP contribution in [-0.2, 0) is 4.79 Å². The first-order valence-electron chi connectivity index (χ1n) is 10.9. The second kappa shape index (κ2) is 9.34. The monoisotopic (exact) mass is 493 g/mol. The first kappa shape index (κ1) is 22.2. The van der Waals surface area contributed by atoms with Crippen molar-refractivity contribution in [3.8, 4) is 17.1 Å². The largest absolute Gasteiger partial charge is 0.573 e. The average Bonchev–Trinajstić information content (AvgIpc) is 3.25. The number of nitrogens with zero attached hydrogens (tertiary/aromatic N) is 4. The fourth-order valence-electron chi connectivity index (χ4n) is 3.28. The summed E-state index contributed by atoms with van der Waals surface area (Å²) in [6, 6.07) is 9.96. The Hall–Kier alpha value is -3.60. The lowest BCUT2D eigenvalue weighted by atomic mass is 10.2. The van der Waals surface area contributed by atoms with Crippen molar-refractivity contribution in [2.24, 2.45) is 0 Å². The number of nitrogens with one attached hydrogen (secondary N) is 2. The van der Waals surface area contributed by atoms with Crippen LogP contribution in [-0.4, -0.2) is 44.4 Å². The fourth-order valence-corrected chi connectivity index (χ4v) is 3.45. The molecule has 4 aromatic rings. The van der Waals surface area contributed by atoms with Crippen molar-refractivity contribution >= 4 is 40.0 Å². The molecule has 2 aromatic heterocycles. The molecule has 0 saturated carbocycles. The Labute approximate surface area is 198 Å². The average molecular weight is 494 g/mol. The summed E-state index contributed by atoms with van der Waals surface area (Å²) < 4.78 is 51.6. The topological polar surface area (TPSA) is 93.4 Å². The Bertz CT molecular complexity index is 1380. The molecule has 8 nitrogen and oxygen atoms in total. The van der Waals surface area contributed by atoms with Crippen LogP contribution in [0.1, 0.15) is 21.6 Å². The number of para-hydroxylation sites is 1. The maximum absolute atomic E-state index is 13.0. The fraction of sp³-hybridized carbons (Fsp3) is 0.273. The van der Waals surface area contributed by atoms with Crippen molar-refractivity contribution in [3.63, 3.8) is 0 Å². The van der Waals surface area contributed by atoms with E-state index in [2.05, 4.69) is 30.4 Å². The molecule has 34 heavy (non-hydrogen) atoms. The van der Waals surface area contributed by atoms with E-state index in [9.17, 15) is 18.0 Å². The molecular formula is C22H20ClF3N6O2. The maximum Gasteiger partial charge on any atom is 0.573 e. The van der Waals surface area contributed by atoms with Gasteiger partial charge in [0.05, 0.1) is 11.1 Å². The number of benzene rings is 2. The summed E-state index contributed by atoms with van der Waals surface area (Å²) in [7, 11) is 0. The number of aromatic nitrogens is 4. The van der Waals surface area contributed by atoms with Gasteiger partial charge in [-0.15, -0.1) is 18.3 Å². The standard InChI is InChI=1S/C22H20ClF3N6O2/c1-3-10-27-20(33)12(2)28-21-29-16-7-5-4-6-14(16)19-30-18(31-32(19)21)15-11-13(23)8-9-17(15)34-22(24,25)26/h4-9,11-12H,3,10H2,1-2H3,(H,27,33)(H,28,29)/t12-/m0/s1/i1D. The number of anilines is 1. The van der Waals surface area contributed by atoms with Gasteiger partial charge in [-0.1, -0.05) is 30.6 Å². The molecule has 0 aliphatic rings. The minimum atomic E-state index is -4.93. The third-order valence-electron chi connectivity index (χ3n) is 4.80. The third kappa shape index (κ3) is 4.98. The molecule has 4 rings (SSSR count). The van der Waals surface area contributed by atoms with Gasteiger partial charge in [0, 0.05) is 18.3 Å². The molecule has 0 unspecified atom stereocenters.